The Morgan fingerprint density at radius 3 is 2.47 bits per heavy atom. The van der Waals surface area contributed by atoms with Crippen LogP contribution in [0, 0.1) is 0 Å². The van der Waals surface area contributed by atoms with Gasteiger partial charge in [-0.15, -0.1) is 10.2 Å². The fourth-order valence-corrected chi connectivity index (χ4v) is 5.30. The summed E-state index contributed by atoms with van der Waals surface area (Å²) in [7, 11) is -2.34. The Balaban J connectivity index is 1.74. The van der Waals surface area contributed by atoms with Crippen LogP contribution in [0.3, 0.4) is 0 Å². The molecule has 4 rings (SSSR count). The molecule has 0 aliphatic carbocycles. The van der Waals surface area contributed by atoms with Gasteiger partial charge in [-0.1, -0.05) is 65.8 Å². The molecule has 0 radical (unpaired) electrons. The number of carbonyl (C=O) groups is 1. The highest BCUT2D eigenvalue weighted by Crippen LogP contribution is 2.30. The SMILES string of the molecule is CNC(=O)CSc1nnc(-c2cccc(S(=O)(=O)Nc3ccccc3Cl)c2)n1-c1ccccc1. The number of para-hydroxylation sites is 2. The molecule has 0 fully saturated rings. The van der Waals surface area contributed by atoms with E-state index >= 15 is 0 Å². The Morgan fingerprint density at radius 2 is 1.74 bits per heavy atom. The second-order valence-electron chi connectivity index (χ2n) is 7.05. The molecule has 0 saturated carbocycles. The molecule has 0 saturated heterocycles. The van der Waals surface area contributed by atoms with E-state index in [2.05, 4.69) is 20.2 Å². The number of sulfonamides is 1. The highest BCUT2D eigenvalue weighted by atomic mass is 35.5. The largest absolute Gasteiger partial charge is 0.358 e. The van der Waals surface area contributed by atoms with Crippen molar-refractivity contribution in [2.24, 2.45) is 0 Å². The Labute approximate surface area is 206 Å². The third kappa shape index (κ3) is 5.24. The van der Waals surface area contributed by atoms with Crippen molar-refractivity contribution >= 4 is 45.0 Å². The molecular weight excluding hydrogens is 494 g/mol. The minimum Gasteiger partial charge on any atom is -0.358 e. The van der Waals surface area contributed by atoms with Crippen LogP contribution < -0.4 is 10.0 Å². The highest BCUT2D eigenvalue weighted by Gasteiger charge is 2.20. The van der Waals surface area contributed by atoms with Crippen molar-refractivity contribution in [3.05, 3.63) is 83.9 Å². The van der Waals surface area contributed by atoms with Gasteiger partial charge in [-0.25, -0.2) is 8.42 Å². The van der Waals surface area contributed by atoms with Gasteiger partial charge in [0.25, 0.3) is 10.0 Å². The summed E-state index contributed by atoms with van der Waals surface area (Å²) in [5.74, 6) is 0.464. The first-order valence-electron chi connectivity index (χ1n) is 10.1. The van der Waals surface area contributed by atoms with Crippen molar-refractivity contribution in [3.63, 3.8) is 0 Å². The van der Waals surface area contributed by atoms with E-state index in [1.165, 1.54) is 23.9 Å². The molecule has 4 aromatic rings. The lowest BCUT2D eigenvalue weighted by Gasteiger charge is -2.12. The summed E-state index contributed by atoms with van der Waals surface area (Å²) < 4.78 is 30.4. The van der Waals surface area contributed by atoms with Crippen molar-refractivity contribution in [1.82, 2.24) is 20.1 Å². The summed E-state index contributed by atoms with van der Waals surface area (Å²) in [6.07, 6.45) is 0. The maximum absolute atomic E-state index is 13.0. The number of amides is 1. The van der Waals surface area contributed by atoms with Gasteiger partial charge in [0, 0.05) is 18.3 Å². The molecule has 1 amide bonds. The Morgan fingerprint density at radius 1 is 1.00 bits per heavy atom. The van der Waals surface area contributed by atoms with Crippen LogP contribution >= 0.6 is 23.4 Å². The molecule has 3 aromatic carbocycles. The maximum Gasteiger partial charge on any atom is 0.261 e. The van der Waals surface area contributed by atoms with Gasteiger partial charge >= 0.3 is 0 Å². The average Bonchev–Trinajstić information content (AvgIpc) is 3.28. The molecular formula is C23H20ClN5O3S2. The monoisotopic (exact) mass is 513 g/mol. The summed E-state index contributed by atoms with van der Waals surface area (Å²) in [5.41, 5.74) is 1.62. The quantitative estimate of drug-likeness (QED) is 0.342. The van der Waals surface area contributed by atoms with Crippen LogP contribution in [0.25, 0.3) is 17.1 Å². The molecule has 2 N–H and O–H groups in total. The van der Waals surface area contributed by atoms with Gasteiger partial charge in [0.05, 0.1) is 21.4 Å². The molecule has 0 bridgehead atoms. The van der Waals surface area contributed by atoms with Crippen LogP contribution in [-0.2, 0) is 14.8 Å². The minimum absolute atomic E-state index is 0.0482. The summed E-state index contributed by atoms with van der Waals surface area (Å²) in [6, 6.07) is 22.4. The highest BCUT2D eigenvalue weighted by molar-refractivity contribution is 7.99. The van der Waals surface area contributed by atoms with Crippen molar-refractivity contribution < 1.29 is 13.2 Å². The number of nitrogens with zero attached hydrogens (tertiary/aromatic N) is 3. The summed E-state index contributed by atoms with van der Waals surface area (Å²) in [4.78, 5) is 11.8. The Kier molecular flexibility index (Phi) is 7.20. The summed E-state index contributed by atoms with van der Waals surface area (Å²) in [6.45, 7) is 0. The fourth-order valence-electron chi connectivity index (χ4n) is 3.11. The van der Waals surface area contributed by atoms with Crippen molar-refractivity contribution in [2.75, 3.05) is 17.5 Å². The number of thioether (sulfide) groups is 1. The van der Waals surface area contributed by atoms with Gasteiger partial charge in [-0.2, -0.15) is 0 Å². The van der Waals surface area contributed by atoms with Crippen LogP contribution in [0.15, 0.2) is 88.9 Å². The average molecular weight is 514 g/mol. The van der Waals surface area contributed by atoms with E-state index in [0.29, 0.717) is 21.6 Å². The molecule has 0 spiro atoms. The van der Waals surface area contributed by atoms with Gasteiger partial charge < -0.3 is 5.32 Å². The fraction of sp³-hybridized carbons (Fsp3) is 0.0870. The summed E-state index contributed by atoms with van der Waals surface area (Å²) >= 11 is 7.35. The predicted molar refractivity (Wildman–Crippen MR) is 134 cm³/mol. The van der Waals surface area contributed by atoms with Gasteiger partial charge in [0.1, 0.15) is 0 Å². The van der Waals surface area contributed by atoms with E-state index in [9.17, 15) is 13.2 Å². The number of rotatable bonds is 8. The van der Waals surface area contributed by atoms with E-state index in [0.717, 1.165) is 5.69 Å². The number of hydrogen-bond donors (Lipinski definition) is 2. The first kappa shape index (κ1) is 23.8. The van der Waals surface area contributed by atoms with Gasteiger partial charge in [-0.05, 0) is 36.4 Å². The number of benzene rings is 3. The van der Waals surface area contributed by atoms with E-state index in [1.54, 1.807) is 48.0 Å². The molecule has 11 heteroatoms. The van der Waals surface area contributed by atoms with E-state index in [-0.39, 0.29) is 22.2 Å². The normalized spacial score (nSPS) is 11.2. The first-order valence-corrected chi connectivity index (χ1v) is 13.0. The molecule has 8 nitrogen and oxygen atoms in total. The number of aromatic nitrogens is 3. The van der Waals surface area contributed by atoms with Crippen LogP contribution in [0.5, 0.6) is 0 Å². The number of carbonyl (C=O) groups excluding carboxylic acids is 1. The Hall–Kier alpha value is -3.34. The number of halogens is 1. The van der Waals surface area contributed by atoms with Crippen LogP contribution in [0.2, 0.25) is 5.02 Å². The minimum atomic E-state index is -3.91. The molecule has 0 aliphatic heterocycles. The van der Waals surface area contributed by atoms with E-state index in [1.807, 2.05) is 30.3 Å². The zero-order chi connectivity index (χ0) is 24.1. The second-order valence-corrected chi connectivity index (χ2v) is 10.1. The second kappa shape index (κ2) is 10.3. The van der Waals surface area contributed by atoms with Crippen LogP contribution in [0.4, 0.5) is 5.69 Å². The molecule has 1 heterocycles. The summed E-state index contributed by atoms with van der Waals surface area (Å²) in [5, 5.41) is 12.0. The topological polar surface area (TPSA) is 106 Å². The van der Waals surface area contributed by atoms with Crippen molar-refractivity contribution in [3.8, 4) is 17.1 Å². The first-order chi connectivity index (χ1) is 16.4. The van der Waals surface area contributed by atoms with Crippen LogP contribution in [-0.4, -0.2) is 41.9 Å². The number of nitrogens with one attached hydrogen (secondary N) is 2. The van der Waals surface area contributed by atoms with Gasteiger partial charge in [0.15, 0.2) is 11.0 Å². The Bertz CT molecular complexity index is 1430. The predicted octanol–water partition coefficient (Wildman–Crippen LogP) is 4.23. The maximum atomic E-state index is 13.0. The molecule has 174 valence electrons. The molecule has 0 atom stereocenters. The zero-order valence-corrected chi connectivity index (χ0v) is 20.4. The molecule has 0 unspecified atom stereocenters. The lowest BCUT2D eigenvalue weighted by atomic mass is 10.2. The van der Waals surface area contributed by atoms with Crippen LogP contribution in [0.1, 0.15) is 0 Å². The van der Waals surface area contributed by atoms with Crippen molar-refractivity contribution in [1.29, 1.82) is 0 Å². The zero-order valence-electron chi connectivity index (χ0n) is 18.0. The lowest BCUT2D eigenvalue weighted by Crippen LogP contribution is -2.20. The van der Waals surface area contributed by atoms with Crippen molar-refractivity contribution in [2.45, 2.75) is 10.1 Å². The van der Waals surface area contributed by atoms with E-state index in [4.69, 9.17) is 11.6 Å². The van der Waals surface area contributed by atoms with E-state index < -0.39 is 10.0 Å². The van der Waals surface area contributed by atoms with Gasteiger partial charge in [-0.3, -0.25) is 14.1 Å². The number of anilines is 1. The third-order valence-electron chi connectivity index (χ3n) is 4.78. The lowest BCUT2D eigenvalue weighted by molar-refractivity contribution is -0.118. The molecule has 0 aliphatic rings. The molecule has 1 aromatic heterocycles. The molecule has 34 heavy (non-hydrogen) atoms. The third-order valence-corrected chi connectivity index (χ3v) is 7.40. The van der Waals surface area contributed by atoms with Gasteiger partial charge in [0.2, 0.25) is 5.91 Å². The number of hydrogen-bond acceptors (Lipinski definition) is 6. The smallest absolute Gasteiger partial charge is 0.261 e. The standard InChI is InChI=1S/C23H20ClN5O3S2/c1-25-21(30)15-33-23-27-26-22(29(23)17-9-3-2-4-10-17)16-8-7-11-18(14-16)34(31,32)28-20-13-6-5-12-19(20)24/h2-14,28H,15H2,1H3,(H,25,30).